The lowest BCUT2D eigenvalue weighted by Gasteiger charge is -2.09. The van der Waals surface area contributed by atoms with E-state index in [2.05, 4.69) is 10.5 Å². The molecule has 1 aromatic rings. The average Bonchev–Trinajstić information content (AvgIpc) is 2.16. The third-order valence-electron chi connectivity index (χ3n) is 1.84. The summed E-state index contributed by atoms with van der Waals surface area (Å²) >= 11 is 0. The monoisotopic (exact) mass is 164 g/mol. The first-order valence-electron chi connectivity index (χ1n) is 3.88. The van der Waals surface area contributed by atoms with Crippen LogP contribution in [0.5, 0.6) is 0 Å². The first-order valence-corrected chi connectivity index (χ1v) is 3.88. The third kappa shape index (κ3) is 1.61. The Morgan fingerprint density at radius 2 is 2.08 bits per heavy atom. The lowest BCUT2D eigenvalue weighted by atomic mass is 10.1. The molecule has 3 nitrogen and oxygen atoms in total. The van der Waals surface area contributed by atoms with Crippen molar-refractivity contribution in [2.45, 2.75) is 13.0 Å². The van der Waals surface area contributed by atoms with E-state index in [0.29, 0.717) is 0 Å². The van der Waals surface area contributed by atoms with E-state index in [1.54, 1.807) is 6.92 Å². The number of anilines is 1. The number of nitroso groups, excluding NO2 is 1. The van der Waals surface area contributed by atoms with E-state index < -0.39 is 0 Å². The van der Waals surface area contributed by atoms with E-state index >= 15 is 0 Å². The van der Waals surface area contributed by atoms with Gasteiger partial charge in [-0.15, -0.1) is 0 Å². The SMILES string of the molecule is CNc1ccccc1C(C)N=O. The minimum Gasteiger partial charge on any atom is -0.388 e. The maximum atomic E-state index is 10.3. The Hall–Kier alpha value is -1.38. The van der Waals surface area contributed by atoms with Crippen molar-refractivity contribution in [3.05, 3.63) is 34.7 Å². The molecular formula is C9H12N2O. The molecule has 0 radical (unpaired) electrons. The Labute approximate surface area is 71.8 Å². The number of nitrogens with zero attached hydrogens (tertiary/aromatic N) is 1. The fraction of sp³-hybridized carbons (Fsp3) is 0.333. The normalized spacial score (nSPS) is 12.2. The summed E-state index contributed by atoms with van der Waals surface area (Å²) in [6.45, 7) is 1.78. The van der Waals surface area contributed by atoms with E-state index in [0.717, 1.165) is 11.3 Å². The molecule has 0 fully saturated rings. The zero-order chi connectivity index (χ0) is 8.97. The summed E-state index contributed by atoms with van der Waals surface area (Å²) in [7, 11) is 1.83. The smallest absolute Gasteiger partial charge is 0.116 e. The zero-order valence-corrected chi connectivity index (χ0v) is 7.24. The fourth-order valence-electron chi connectivity index (χ4n) is 1.15. The van der Waals surface area contributed by atoms with Crippen LogP contribution in [-0.2, 0) is 0 Å². The van der Waals surface area contributed by atoms with Gasteiger partial charge in [-0.2, -0.15) is 4.91 Å². The summed E-state index contributed by atoms with van der Waals surface area (Å²) in [5.74, 6) is 0. The molecule has 0 saturated heterocycles. The highest BCUT2D eigenvalue weighted by Gasteiger charge is 2.07. The van der Waals surface area contributed by atoms with Gasteiger partial charge in [-0.1, -0.05) is 23.4 Å². The molecule has 12 heavy (non-hydrogen) atoms. The Morgan fingerprint density at radius 1 is 1.42 bits per heavy atom. The molecule has 0 aromatic heterocycles. The van der Waals surface area contributed by atoms with Gasteiger partial charge in [-0.25, -0.2) is 0 Å². The van der Waals surface area contributed by atoms with Crippen LogP contribution in [0.2, 0.25) is 0 Å². The van der Waals surface area contributed by atoms with Gasteiger partial charge in [0.05, 0.1) is 0 Å². The maximum Gasteiger partial charge on any atom is 0.116 e. The molecule has 1 N–H and O–H groups in total. The molecule has 0 aliphatic heterocycles. The van der Waals surface area contributed by atoms with Crippen LogP contribution >= 0.6 is 0 Å². The highest BCUT2D eigenvalue weighted by molar-refractivity contribution is 5.51. The lowest BCUT2D eigenvalue weighted by Crippen LogP contribution is -1.96. The second-order valence-electron chi connectivity index (χ2n) is 2.62. The molecule has 0 bridgehead atoms. The highest BCUT2D eigenvalue weighted by atomic mass is 16.3. The van der Waals surface area contributed by atoms with Crippen molar-refractivity contribution in [1.29, 1.82) is 0 Å². The predicted molar refractivity (Wildman–Crippen MR) is 50.2 cm³/mol. The van der Waals surface area contributed by atoms with Gasteiger partial charge >= 0.3 is 0 Å². The van der Waals surface area contributed by atoms with Crippen LogP contribution in [-0.4, -0.2) is 7.05 Å². The third-order valence-corrected chi connectivity index (χ3v) is 1.84. The molecule has 0 aliphatic rings. The summed E-state index contributed by atoms with van der Waals surface area (Å²) in [6, 6.07) is 7.37. The first-order chi connectivity index (χ1) is 5.79. The van der Waals surface area contributed by atoms with Crippen LogP contribution < -0.4 is 5.32 Å². The maximum absolute atomic E-state index is 10.3. The molecule has 0 heterocycles. The van der Waals surface area contributed by atoms with Crippen LogP contribution in [0.3, 0.4) is 0 Å². The summed E-state index contributed by atoms with van der Waals surface area (Å²) < 4.78 is 0. The Morgan fingerprint density at radius 3 is 2.67 bits per heavy atom. The van der Waals surface area contributed by atoms with Gasteiger partial charge in [-0.05, 0) is 13.0 Å². The van der Waals surface area contributed by atoms with E-state index in [4.69, 9.17) is 0 Å². The number of rotatable bonds is 3. The number of para-hydroxylation sites is 1. The topological polar surface area (TPSA) is 41.5 Å². The summed E-state index contributed by atoms with van der Waals surface area (Å²) in [5, 5.41) is 5.99. The van der Waals surface area contributed by atoms with Gasteiger partial charge in [0.25, 0.3) is 0 Å². The number of benzene rings is 1. The van der Waals surface area contributed by atoms with Gasteiger partial charge in [0.2, 0.25) is 0 Å². The minimum atomic E-state index is -0.284. The summed E-state index contributed by atoms with van der Waals surface area (Å²) in [5.41, 5.74) is 1.90. The van der Waals surface area contributed by atoms with Crippen LogP contribution in [0.4, 0.5) is 5.69 Å². The van der Waals surface area contributed by atoms with Crippen molar-refractivity contribution in [2.75, 3.05) is 12.4 Å². The first kappa shape index (κ1) is 8.71. The molecule has 1 atom stereocenters. The summed E-state index contributed by atoms with van der Waals surface area (Å²) in [4.78, 5) is 10.3. The molecule has 0 saturated carbocycles. The van der Waals surface area contributed by atoms with Crippen LogP contribution in [0.1, 0.15) is 18.5 Å². The molecule has 0 spiro atoms. The van der Waals surface area contributed by atoms with Crippen molar-refractivity contribution in [3.63, 3.8) is 0 Å². The van der Waals surface area contributed by atoms with Crippen molar-refractivity contribution < 1.29 is 0 Å². The van der Waals surface area contributed by atoms with Crippen LogP contribution in [0, 0.1) is 4.91 Å². The van der Waals surface area contributed by atoms with Crippen molar-refractivity contribution in [3.8, 4) is 0 Å². The van der Waals surface area contributed by atoms with Crippen LogP contribution in [0.25, 0.3) is 0 Å². The van der Waals surface area contributed by atoms with Gasteiger partial charge in [0.1, 0.15) is 6.04 Å². The standard InChI is InChI=1S/C9H12N2O/c1-7(11-12)8-5-3-4-6-9(8)10-2/h3-7,10H,1-2H3. The number of hydrogen-bond acceptors (Lipinski definition) is 3. The predicted octanol–water partition coefficient (Wildman–Crippen LogP) is 2.56. The van der Waals surface area contributed by atoms with E-state index in [1.807, 2.05) is 31.3 Å². The second kappa shape index (κ2) is 3.85. The molecule has 0 aliphatic carbocycles. The molecule has 64 valence electrons. The second-order valence-corrected chi connectivity index (χ2v) is 2.62. The fourth-order valence-corrected chi connectivity index (χ4v) is 1.15. The Kier molecular flexibility index (Phi) is 2.80. The van der Waals surface area contributed by atoms with Crippen LogP contribution in [0.15, 0.2) is 29.4 Å². The van der Waals surface area contributed by atoms with E-state index in [1.165, 1.54) is 0 Å². The van der Waals surface area contributed by atoms with Crippen molar-refractivity contribution in [2.24, 2.45) is 5.18 Å². The quantitative estimate of drug-likeness (QED) is 0.697. The van der Waals surface area contributed by atoms with Crippen molar-refractivity contribution in [1.82, 2.24) is 0 Å². The van der Waals surface area contributed by atoms with Gasteiger partial charge in [0, 0.05) is 18.3 Å². The molecule has 1 rings (SSSR count). The number of nitrogens with one attached hydrogen (secondary N) is 1. The van der Waals surface area contributed by atoms with Gasteiger partial charge in [-0.3, -0.25) is 0 Å². The molecular weight excluding hydrogens is 152 g/mol. The molecule has 0 amide bonds. The summed E-state index contributed by atoms with van der Waals surface area (Å²) in [6.07, 6.45) is 0. The largest absolute Gasteiger partial charge is 0.388 e. The van der Waals surface area contributed by atoms with E-state index in [-0.39, 0.29) is 6.04 Å². The lowest BCUT2D eigenvalue weighted by molar-refractivity contribution is 0.813. The average molecular weight is 164 g/mol. The molecule has 1 unspecified atom stereocenters. The highest BCUT2D eigenvalue weighted by Crippen LogP contribution is 2.24. The number of hydrogen-bond donors (Lipinski definition) is 1. The zero-order valence-electron chi connectivity index (χ0n) is 7.24. The minimum absolute atomic E-state index is 0.284. The van der Waals surface area contributed by atoms with E-state index in [9.17, 15) is 4.91 Å². The molecule has 3 heteroatoms. The van der Waals surface area contributed by atoms with Gasteiger partial charge < -0.3 is 5.32 Å². The Bertz CT molecular complexity index is 273. The van der Waals surface area contributed by atoms with Gasteiger partial charge in [0.15, 0.2) is 0 Å². The van der Waals surface area contributed by atoms with Crippen molar-refractivity contribution >= 4 is 5.69 Å². The Balaban J connectivity index is 3.04. The molecule has 1 aromatic carbocycles.